The van der Waals surface area contributed by atoms with E-state index in [1.54, 1.807) is 12.4 Å². The van der Waals surface area contributed by atoms with Crippen LogP contribution in [0.15, 0.2) is 61.1 Å². The Balaban J connectivity index is 1.36. The Labute approximate surface area is 163 Å². The fourth-order valence-corrected chi connectivity index (χ4v) is 3.37. The number of anilines is 2. The number of carbonyl (C=O) groups excluding carboxylic acids is 1. The number of amides is 1. The summed E-state index contributed by atoms with van der Waals surface area (Å²) >= 11 is 5.81. The van der Waals surface area contributed by atoms with Gasteiger partial charge in [-0.2, -0.15) is 0 Å². The van der Waals surface area contributed by atoms with Crippen LogP contribution in [0.1, 0.15) is 16.8 Å². The molecule has 6 nitrogen and oxygen atoms in total. The Bertz CT molecular complexity index is 863. The van der Waals surface area contributed by atoms with E-state index in [1.165, 1.54) is 0 Å². The van der Waals surface area contributed by atoms with Crippen LogP contribution in [0.3, 0.4) is 0 Å². The van der Waals surface area contributed by atoms with Gasteiger partial charge in [-0.05, 0) is 36.8 Å². The number of carbonyl (C=O) groups is 1. The summed E-state index contributed by atoms with van der Waals surface area (Å²) < 4.78 is 0. The first-order valence-corrected chi connectivity index (χ1v) is 9.30. The number of likely N-dealkylation sites (tertiary alicyclic amines) is 1. The van der Waals surface area contributed by atoms with Crippen molar-refractivity contribution >= 4 is 29.1 Å². The summed E-state index contributed by atoms with van der Waals surface area (Å²) in [4.78, 5) is 25.1. The Morgan fingerprint density at radius 3 is 2.63 bits per heavy atom. The van der Waals surface area contributed by atoms with Crippen LogP contribution < -0.4 is 10.2 Å². The number of nitrogens with one attached hydrogen (secondary N) is 1. The molecule has 1 fully saturated rings. The number of hydrogen-bond donors (Lipinski definition) is 1. The summed E-state index contributed by atoms with van der Waals surface area (Å²) in [5.41, 5.74) is 1.78. The highest BCUT2D eigenvalue weighted by atomic mass is 35.5. The SMILES string of the molecule is O=C(c1ccc(N2C=CC=CC2)cc1)N1CC[C@@H](Nc2ncc(Cl)cn2)C1. The fraction of sp³-hybridized carbons (Fsp3) is 0.250. The monoisotopic (exact) mass is 381 g/mol. The van der Waals surface area contributed by atoms with Crippen molar-refractivity contribution in [2.24, 2.45) is 0 Å². The number of rotatable bonds is 4. The third kappa shape index (κ3) is 4.11. The van der Waals surface area contributed by atoms with E-state index >= 15 is 0 Å². The van der Waals surface area contributed by atoms with E-state index in [0.717, 1.165) is 18.7 Å². The molecular formula is C20H20ClN5O. The van der Waals surface area contributed by atoms with Gasteiger partial charge in [0.2, 0.25) is 5.95 Å². The largest absolute Gasteiger partial charge is 0.350 e. The smallest absolute Gasteiger partial charge is 0.253 e. The number of nitrogens with zero attached hydrogens (tertiary/aromatic N) is 4. The van der Waals surface area contributed by atoms with Crippen LogP contribution in [0.4, 0.5) is 11.6 Å². The molecule has 1 N–H and O–H groups in total. The predicted molar refractivity (Wildman–Crippen MR) is 107 cm³/mol. The zero-order valence-electron chi connectivity index (χ0n) is 14.8. The first-order valence-electron chi connectivity index (χ1n) is 8.92. The highest BCUT2D eigenvalue weighted by Gasteiger charge is 2.27. The van der Waals surface area contributed by atoms with E-state index in [-0.39, 0.29) is 11.9 Å². The second-order valence-corrected chi connectivity index (χ2v) is 7.01. The molecule has 0 unspecified atom stereocenters. The lowest BCUT2D eigenvalue weighted by Gasteiger charge is -2.21. The molecule has 4 rings (SSSR count). The summed E-state index contributed by atoms with van der Waals surface area (Å²) in [6.45, 7) is 2.19. The number of aromatic nitrogens is 2. The molecular weight excluding hydrogens is 362 g/mol. The molecule has 0 saturated carbocycles. The van der Waals surface area contributed by atoms with Gasteiger partial charge in [0.1, 0.15) is 0 Å². The summed E-state index contributed by atoms with van der Waals surface area (Å²) in [6.07, 6.45) is 12.1. The molecule has 2 aliphatic heterocycles. The van der Waals surface area contributed by atoms with Gasteiger partial charge in [-0.25, -0.2) is 9.97 Å². The Morgan fingerprint density at radius 1 is 1.15 bits per heavy atom. The van der Waals surface area contributed by atoms with E-state index in [9.17, 15) is 4.79 Å². The summed E-state index contributed by atoms with van der Waals surface area (Å²) in [5.74, 6) is 0.587. The molecule has 0 radical (unpaired) electrons. The minimum Gasteiger partial charge on any atom is -0.350 e. The minimum absolute atomic E-state index is 0.0527. The van der Waals surface area contributed by atoms with Gasteiger partial charge in [0, 0.05) is 43.1 Å². The summed E-state index contributed by atoms with van der Waals surface area (Å²) in [5, 5.41) is 3.76. The first-order chi connectivity index (χ1) is 13.2. The van der Waals surface area contributed by atoms with Crippen LogP contribution in [-0.4, -0.2) is 46.5 Å². The van der Waals surface area contributed by atoms with Crippen molar-refractivity contribution in [1.82, 2.24) is 14.9 Å². The molecule has 3 heterocycles. The van der Waals surface area contributed by atoms with Crippen molar-refractivity contribution < 1.29 is 4.79 Å². The van der Waals surface area contributed by atoms with Gasteiger partial charge in [-0.3, -0.25) is 4.79 Å². The lowest BCUT2D eigenvalue weighted by atomic mass is 10.1. The maximum atomic E-state index is 12.8. The standard InChI is InChI=1S/C20H20ClN5O/c21-16-12-22-20(23-13-16)24-17-8-11-26(14-17)19(27)15-4-6-18(7-5-15)25-9-2-1-3-10-25/h1-7,9,12-13,17H,8,10-11,14H2,(H,22,23,24)/t17-/m1/s1. The zero-order valence-corrected chi connectivity index (χ0v) is 15.5. The third-order valence-electron chi connectivity index (χ3n) is 4.69. The second-order valence-electron chi connectivity index (χ2n) is 6.57. The Kier molecular flexibility index (Phi) is 5.07. The number of benzene rings is 1. The van der Waals surface area contributed by atoms with Crippen LogP contribution >= 0.6 is 11.6 Å². The molecule has 138 valence electrons. The maximum absolute atomic E-state index is 12.8. The molecule has 1 atom stereocenters. The van der Waals surface area contributed by atoms with Crippen molar-refractivity contribution in [3.05, 3.63) is 71.7 Å². The molecule has 1 aromatic heterocycles. The molecule has 7 heteroatoms. The molecule has 0 spiro atoms. The van der Waals surface area contributed by atoms with E-state index in [0.29, 0.717) is 29.6 Å². The topological polar surface area (TPSA) is 61.4 Å². The van der Waals surface area contributed by atoms with Crippen molar-refractivity contribution in [3.8, 4) is 0 Å². The van der Waals surface area contributed by atoms with Crippen LogP contribution in [-0.2, 0) is 0 Å². The molecule has 2 aromatic rings. The molecule has 1 amide bonds. The third-order valence-corrected chi connectivity index (χ3v) is 4.89. The molecule has 2 aliphatic rings. The molecule has 1 saturated heterocycles. The Morgan fingerprint density at radius 2 is 1.93 bits per heavy atom. The highest BCUT2D eigenvalue weighted by molar-refractivity contribution is 6.30. The normalized spacial score (nSPS) is 18.8. The summed E-state index contributed by atoms with van der Waals surface area (Å²) in [7, 11) is 0. The number of halogens is 1. The lowest BCUT2D eigenvalue weighted by molar-refractivity contribution is 0.0791. The van der Waals surface area contributed by atoms with Crippen LogP contribution in [0.25, 0.3) is 0 Å². The van der Waals surface area contributed by atoms with Crippen molar-refractivity contribution in [2.75, 3.05) is 29.9 Å². The molecule has 0 aliphatic carbocycles. The molecule has 0 bridgehead atoms. The quantitative estimate of drug-likeness (QED) is 0.880. The van der Waals surface area contributed by atoms with E-state index in [1.807, 2.05) is 47.5 Å². The average molecular weight is 382 g/mol. The highest BCUT2D eigenvalue weighted by Crippen LogP contribution is 2.20. The second kappa shape index (κ2) is 7.80. The summed E-state index contributed by atoms with van der Waals surface area (Å²) in [6, 6.07) is 7.91. The van der Waals surface area contributed by atoms with Crippen LogP contribution in [0.2, 0.25) is 5.02 Å². The maximum Gasteiger partial charge on any atom is 0.253 e. The number of allylic oxidation sites excluding steroid dienone is 2. The van der Waals surface area contributed by atoms with E-state index < -0.39 is 0 Å². The average Bonchev–Trinajstić information content (AvgIpc) is 3.18. The van der Waals surface area contributed by atoms with Gasteiger partial charge in [-0.1, -0.05) is 23.8 Å². The molecule has 1 aromatic carbocycles. The van der Waals surface area contributed by atoms with Crippen LogP contribution in [0, 0.1) is 0 Å². The lowest BCUT2D eigenvalue weighted by Crippen LogP contribution is -2.31. The Hall–Kier alpha value is -2.86. The van der Waals surface area contributed by atoms with Gasteiger partial charge in [0.25, 0.3) is 5.91 Å². The van der Waals surface area contributed by atoms with E-state index in [4.69, 9.17) is 11.6 Å². The van der Waals surface area contributed by atoms with Gasteiger partial charge in [0.15, 0.2) is 0 Å². The number of hydrogen-bond acceptors (Lipinski definition) is 5. The fourth-order valence-electron chi connectivity index (χ4n) is 3.27. The first kappa shape index (κ1) is 17.5. The van der Waals surface area contributed by atoms with Crippen molar-refractivity contribution in [1.29, 1.82) is 0 Å². The van der Waals surface area contributed by atoms with Gasteiger partial charge >= 0.3 is 0 Å². The molecule has 27 heavy (non-hydrogen) atoms. The van der Waals surface area contributed by atoms with E-state index in [2.05, 4.69) is 26.3 Å². The van der Waals surface area contributed by atoms with Crippen molar-refractivity contribution in [2.45, 2.75) is 12.5 Å². The minimum atomic E-state index is 0.0527. The zero-order chi connectivity index (χ0) is 18.6. The predicted octanol–water partition coefficient (Wildman–Crippen LogP) is 3.35. The van der Waals surface area contributed by atoms with Gasteiger partial charge in [0.05, 0.1) is 17.4 Å². The van der Waals surface area contributed by atoms with Crippen molar-refractivity contribution in [3.63, 3.8) is 0 Å². The van der Waals surface area contributed by atoms with Gasteiger partial charge in [-0.15, -0.1) is 0 Å². The van der Waals surface area contributed by atoms with Gasteiger partial charge < -0.3 is 15.1 Å². The van der Waals surface area contributed by atoms with Crippen LogP contribution in [0.5, 0.6) is 0 Å².